The van der Waals surface area contributed by atoms with E-state index in [4.69, 9.17) is 0 Å². The Balaban J connectivity index is 1.98. The van der Waals surface area contributed by atoms with Gasteiger partial charge in [0, 0.05) is 30.6 Å². The standard InChI is InChI=1S/C17H18N2O3S/c1-11(9-14(20)15-7-4-8-23-15)19-17(22)13-6-3-5-12(10-13)16(21)18-2/h3-8,10-11H,9H2,1-2H3,(H,18,21)(H,19,22)/t11-/m1/s1. The number of Topliss-reactive ketones (excluding diaryl/α,β-unsaturated/α-hetero) is 1. The van der Waals surface area contributed by atoms with Crippen LogP contribution >= 0.6 is 11.3 Å². The lowest BCUT2D eigenvalue weighted by Crippen LogP contribution is -2.34. The second-order valence-corrected chi connectivity index (χ2v) is 6.09. The number of nitrogens with one attached hydrogen (secondary N) is 2. The fraction of sp³-hybridized carbons (Fsp3) is 0.235. The van der Waals surface area contributed by atoms with Crippen molar-refractivity contribution in [1.29, 1.82) is 0 Å². The summed E-state index contributed by atoms with van der Waals surface area (Å²) in [6.45, 7) is 1.78. The van der Waals surface area contributed by atoms with Crippen LogP contribution in [0.2, 0.25) is 0 Å². The minimum Gasteiger partial charge on any atom is -0.355 e. The molecule has 1 atom stereocenters. The number of rotatable bonds is 6. The van der Waals surface area contributed by atoms with Gasteiger partial charge < -0.3 is 10.6 Å². The van der Waals surface area contributed by atoms with E-state index in [2.05, 4.69) is 10.6 Å². The summed E-state index contributed by atoms with van der Waals surface area (Å²) in [5.74, 6) is -0.547. The first-order valence-electron chi connectivity index (χ1n) is 7.21. The van der Waals surface area contributed by atoms with Gasteiger partial charge in [0.25, 0.3) is 11.8 Å². The zero-order valence-electron chi connectivity index (χ0n) is 13.0. The van der Waals surface area contributed by atoms with Crippen molar-refractivity contribution in [2.75, 3.05) is 7.05 Å². The zero-order chi connectivity index (χ0) is 16.8. The number of ketones is 1. The van der Waals surface area contributed by atoms with E-state index in [1.54, 1.807) is 31.2 Å². The SMILES string of the molecule is CNC(=O)c1cccc(C(=O)N[C@H](C)CC(=O)c2cccs2)c1. The summed E-state index contributed by atoms with van der Waals surface area (Å²) >= 11 is 1.39. The molecule has 6 heteroatoms. The van der Waals surface area contributed by atoms with Gasteiger partial charge in [0.1, 0.15) is 0 Å². The maximum absolute atomic E-state index is 12.2. The molecule has 1 heterocycles. The lowest BCUT2D eigenvalue weighted by Gasteiger charge is -2.13. The van der Waals surface area contributed by atoms with Crippen LogP contribution in [0.3, 0.4) is 0 Å². The van der Waals surface area contributed by atoms with Crippen molar-refractivity contribution < 1.29 is 14.4 Å². The smallest absolute Gasteiger partial charge is 0.251 e. The summed E-state index contributed by atoms with van der Waals surface area (Å²) < 4.78 is 0. The van der Waals surface area contributed by atoms with Gasteiger partial charge in [-0.25, -0.2) is 0 Å². The van der Waals surface area contributed by atoms with Crippen LogP contribution in [0.1, 0.15) is 43.7 Å². The molecule has 2 rings (SSSR count). The molecule has 0 bridgehead atoms. The van der Waals surface area contributed by atoms with E-state index >= 15 is 0 Å². The molecule has 0 fully saturated rings. The van der Waals surface area contributed by atoms with Gasteiger partial charge in [-0.15, -0.1) is 11.3 Å². The number of amides is 2. The summed E-state index contributed by atoms with van der Waals surface area (Å²) in [5, 5.41) is 7.15. The van der Waals surface area contributed by atoms with E-state index in [9.17, 15) is 14.4 Å². The Bertz CT molecular complexity index is 710. The highest BCUT2D eigenvalue weighted by molar-refractivity contribution is 7.12. The first-order chi connectivity index (χ1) is 11.0. The normalized spacial score (nSPS) is 11.6. The Morgan fingerprint density at radius 1 is 1.09 bits per heavy atom. The van der Waals surface area contributed by atoms with Crippen molar-refractivity contribution >= 4 is 28.9 Å². The van der Waals surface area contributed by atoms with Crippen molar-refractivity contribution in [2.45, 2.75) is 19.4 Å². The van der Waals surface area contributed by atoms with Crippen LogP contribution in [-0.4, -0.2) is 30.7 Å². The van der Waals surface area contributed by atoms with Gasteiger partial charge in [0.05, 0.1) is 4.88 Å². The largest absolute Gasteiger partial charge is 0.355 e. The number of carbonyl (C=O) groups is 3. The second-order valence-electron chi connectivity index (χ2n) is 5.14. The molecule has 0 radical (unpaired) electrons. The first-order valence-corrected chi connectivity index (χ1v) is 8.09. The average molecular weight is 330 g/mol. The Morgan fingerprint density at radius 3 is 2.39 bits per heavy atom. The van der Waals surface area contributed by atoms with Crippen LogP contribution in [0.15, 0.2) is 41.8 Å². The Hall–Kier alpha value is -2.47. The van der Waals surface area contributed by atoms with Gasteiger partial charge in [-0.2, -0.15) is 0 Å². The van der Waals surface area contributed by atoms with Crippen molar-refractivity contribution in [2.24, 2.45) is 0 Å². The van der Waals surface area contributed by atoms with Gasteiger partial charge in [0.15, 0.2) is 5.78 Å². The number of benzene rings is 1. The van der Waals surface area contributed by atoms with Gasteiger partial charge in [-0.05, 0) is 36.6 Å². The monoisotopic (exact) mass is 330 g/mol. The first kappa shape index (κ1) is 16.9. The average Bonchev–Trinajstić information content (AvgIpc) is 3.08. The molecule has 1 aromatic heterocycles. The van der Waals surface area contributed by atoms with E-state index in [1.807, 2.05) is 11.4 Å². The summed E-state index contributed by atoms with van der Waals surface area (Å²) in [5.41, 5.74) is 0.809. The van der Waals surface area contributed by atoms with E-state index in [-0.39, 0.29) is 30.1 Å². The molecule has 1 aromatic carbocycles. The predicted octanol–water partition coefficient (Wildman–Crippen LogP) is 2.50. The quantitative estimate of drug-likeness (QED) is 0.799. The van der Waals surface area contributed by atoms with Crippen LogP contribution in [0.25, 0.3) is 0 Å². The molecular weight excluding hydrogens is 312 g/mol. The van der Waals surface area contributed by atoms with Gasteiger partial charge >= 0.3 is 0 Å². The molecule has 120 valence electrons. The van der Waals surface area contributed by atoms with Crippen molar-refractivity contribution in [3.8, 4) is 0 Å². The molecule has 0 spiro atoms. The van der Waals surface area contributed by atoms with Gasteiger partial charge in [-0.1, -0.05) is 12.1 Å². The third-order valence-corrected chi connectivity index (χ3v) is 4.19. The third kappa shape index (κ3) is 4.50. The molecule has 0 unspecified atom stereocenters. The maximum Gasteiger partial charge on any atom is 0.251 e. The number of hydrogen-bond acceptors (Lipinski definition) is 4. The third-order valence-electron chi connectivity index (χ3n) is 3.28. The van der Waals surface area contributed by atoms with Crippen LogP contribution < -0.4 is 10.6 Å². The van der Waals surface area contributed by atoms with Crippen molar-refractivity contribution in [3.63, 3.8) is 0 Å². The second kappa shape index (κ2) is 7.69. The molecule has 0 aliphatic heterocycles. The lowest BCUT2D eigenvalue weighted by atomic mass is 10.1. The minimum atomic E-state index is -0.303. The van der Waals surface area contributed by atoms with Crippen LogP contribution in [0.5, 0.6) is 0 Å². The number of thiophene rings is 1. The van der Waals surface area contributed by atoms with E-state index in [0.717, 1.165) is 0 Å². The number of carbonyl (C=O) groups excluding carboxylic acids is 3. The van der Waals surface area contributed by atoms with Crippen LogP contribution in [-0.2, 0) is 0 Å². The fourth-order valence-corrected chi connectivity index (χ4v) is 2.80. The van der Waals surface area contributed by atoms with Gasteiger partial charge in [0.2, 0.25) is 0 Å². The molecule has 0 aliphatic rings. The predicted molar refractivity (Wildman–Crippen MR) is 90.0 cm³/mol. The molecule has 5 nitrogen and oxygen atoms in total. The zero-order valence-corrected chi connectivity index (χ0v) is 13.8. The van der Waals surface area contributed by atoms with Crippen LogP contribution in [0.4, 0.5) is 0 Å². The highest BCUT2D eigenvalue weighted by atomic mass is 32.1. The minimum absolute atomic E-state index is 0.00640. The summed E-state index contributed by atoms with van der Waals surface area (Å²) in [6.07, 6.45) is 0.237. The van der Waals surface area contributed by atoms with Crippen LogP contribution in [0, 0.1) is 0 Å². The molecule has 0 saturated carbocycles. The van der Waals surface area contributed by atoms with E-state index in [1.165, 1.54) is 24.5 Å². The molecule has 2 aromatic rings. The van der Waals surface area contributed by atoms with Gasteiger partial charge in [-0.3, -0.25) is 14.4 Å². The summed E-state index contributed by atoms with van der Waals surface area (Å²) in [6, 6.07) is 9.76. The fourth-order valence-electron chi connectivity index (χ4n) is 2.12. The van der Waals surface area contributed by atoms with Crippen molar-refractivity contribution in [3.05, 3.63) is 57.8 Å². The molecule has 0 saturated heterocycles. The summed E-state index contributed by atoms with van der Waals surface area (Å²) in [7, 11) is 1.54. The van der Waals surface area contributed by atoms with E-state index < -0.39 is 0 Å². The Labute approximate surface area is 138 Å². The Morgan fingerprint density at radius 2 is 1.78 bits per heavy atom. The molecule has 2 amide bonds. The number of hydrogen-bond donors (Lipinski definition) is 2. The molecule has 23 heavy (non-hydrogen) atoms. The lowest BCUT2D eigenvalue weighted by molar-refractivity contribution is 0.0919. The highest BCUT2D eigenvalue weighted by Crippen LogP contribution is 2.13. The molecular formula is C17H18N2O3S. The van der Waals surface area contributed by atoms with Crippen molar-refractivity contribution in [1.82, 2.24) is 10.6 Å². The molecule has 2 N–H and O–H groups in total. The highest BCUT2D eigenvalue weighted by Gasteiger charge is 2.16. The topological polar surface area (TPSA) is 75.3 Å². The molecule has 0 aliphatic carbocycles. The summed E-state index contributed by atoms with van der Waals surface area (Å²) in [4.78, 5) is 36.5. The van der Waals surface area contributed by atoms with E-state index in [0.29, 0.717) is 16.0 Å². The Kier molecular flexibility index (Phi) is 5.65. The maximum atomic E-state index is 12.2.